The molecule has 0 spiro atoms. The molecule has 0 atom stereocenters. The van der Waals surface area contributed by atoms with Crippen LogP contribution in [0, 0.1) is 24.4 Å². The maximum absolute atomic E-state index is 15.0. The summed E-state index contributed by atoms with van der Waals surface area (Å²) in [5.41, 5.74) is 2.41. The molecule has 0 saturated carbocycles. The minimum atomic E-state index is -1.08. The number of methoxy groups -OCH3 is 1. The Morgan fingerprint density at radius 2 is 1.72 bits per heavy atom. The fraction of sp³-hybridized carbons (Fsp3) is 0.219. The molecule has 0 radical (unpaired) electrons. The predicted octanol–water partition coefficient (Wildman–Crippen LogP) is 7.21. The monoisotopic (exact) mass is 595 g/mol. The van der Waals surface area contributed by atoms with Gasteiger partial charge in [0.1, 0.15) is 29.9 Å². The number of hydrogen-bond donors (Lipinski definition) is 2. The van der Waals surface area contributed by atoms with E-state index in [2.05, 4.69) is 19.7 Å². The number of aromatic amines is 1. The van der Waals surface area contributed by atoms with Crippen molar-refractivity contribution in [2.24, 2.45) is 0 Å². The molecule has 2 aromatic heterocycles. The van der Waals surface area contributed by atoms with Crippen molar-refractivity contribution in [3.05, 3.63) is 112 Å². The Bertz CT molecular complexity index is 1720. The SMILES string of the molecule is COCCCF.Cc1ccc(COc2cccc(-c3cc(F)c(Cc4nc5ccc(C(=O)O)cc5[nH]4)cc3F)n2)c(F)c1. The molecule has 0 aliphatic carbocycles. The number of H-pyrrole nitrogens is 1. The van der Waals surface area contributed by atoms with Crippen LogP contribution in [0.5, 0.6) is 5.88 Å². The molecule has 3 aromatic carbocycles. The molecule has 0 aliphatic heterocycles. The number of carboxylic acid groups (broad SMARTS) is 1. The number of imidazole rings is 1. The topological polar surface area (TPSA) is 97.3 Å². The maximum Gasteiger partial charge on any atom is 0.335 e. The number of ether oxygens (including phenoxy) is 2. The Balaban J connectivity index is 0.000000641. The molecule has 0 unspecified atom stereocenters. The summed E-state index contributed by atoms with van der Waals surface area (Å²) in [6.07, 6.45) is 0.495. The summed E-state index contributed by atoms with van der Waals surface area (Å²) in [5, 5.41) is 9.14. The van der Waals surface area contributed by atoms with Gasteiger partial charge in [-0.05, 0) is 66.9 Å². The fourth-order valence-electron chi connectivity index (χ4n) is 4.14. The molecular weight excluding hydrogens is 566 g/mol. The number of benzene rings is 3. The van der Waals surface area contributed by atoms with Crippen LogP contribution in [-0.4, -0.2) is 46.4 Å². The molecule has 224 valence electrons. The van der Waals surface area contributed by atoms with Crippen molar-refractivity contribution in [3.63, 3.8) is 0 Å². The van der Waals surface area contributed by atoms with Gasteiger partial charge in [-0.2, -0.15) is 0 Å². The Hall–Kier alpha value is -4.77. The van der Waals surface area contributed by atoms with Crippen LogP contribution < -0.4 is 4.74 Å². The number of carboxylic acids is 1. The number of halogens is 4. The van der Waals surface area contributed by atoms with E-state index in [1.807, 2.05) is 0 Å². The molecule has 11 heteroatoms. The summed E-state index contributed by atoms with van der Waals surface area (Å²) >= 11 is 0. The van der Waals surface area contributed by atoms with Crippen molar-refractivity contribution in [1.29, 1.82) is 0 Å². The van der Waals surface area contributed by atoms with Gasteiger partial charge < -0.3 is 19.6 Å². The van der Waals surface area contributed by atoms with Crippen LogP contribution in [0.15, 0.2) is 66.7 Å². The second-order valence-corrected chi connectivity index (χ2v) is 9.60. The third-order valence-electron chi connectivity index (χ3n) is 6.34. The van der Waals surface area contributed by atoms with Crippen LogP contribution in [0.25, 0.3) is 22.3 Å². The first-order valence-electron chi connectivity index (χ1n) is 13.3. The molecule has 5 rings (SSSR count). The van der Waals surface area contributed by atoms with Crippen molar-refractivity contribution in [2.45, 2.75) is 26.4 Å². The smallest absolute Gasteiger partial charge is 0.335 e. The number of rotatable bonds is 10. The van der Waals surface area contributed by atoms with Crippen molar-refractivity contribution in [2.75, 3.05) is 20.4 Å². The molecule has 0 saturated heterocycles. The standard InChI is InChI=1S/C28H20F3N3O3.C4H9FO/c1-15-5-6-17(20(29)9-15)14-37-27-4-2-3-23(34-27)19-13-21(30)18(10-22(19)31)12-26-32-24-8-7-16(28(35)36)11-25(24)33-26;1-6-4-2-3-5/h2-11,13H,12,14H2,1H3,(H,32,33)(H,35,36);2-4H2,1H3. The summed E-state index contributed by atoms with van der Waals surface area (Å²) in [7, 11) is 1.57. The van der Waals surface area contributed by atoms with Crippen molar-refractivity contribution in [1.82, 2.24) is 15.0 Å². The van der Waals surface area contributed by atoms with E-state index in [0.717, 1.165) is 17.7 Å². The number of aromatic nitrogens is 3. The van der Waals surface area contributed by atoms with Crippen LogP contribution in [0.4, 0.5) is 17.6 Å². The third-order valence-corrected chi connectivity index (χ3v) is 6.34. The number of aryl methyl sites for hydroxylation is 1. The fourth-order valence-corrected chi connectivity index (χ4v) is 4.14. The van der Waals surface area contributed by atoms with Crippen LogP contribution in [0.2, 0.25) is 0 Å². The van der Waals surface area contributed by atoms with Crippen LogP contribution in [-0.2, 0) is 17.8 Å². The van der Waals surface area contributed by atoms with Gasteiger partial charge in [0.05, 0.1) is 29.0 Å². The number of carbonyl (C=O) groups is 1. The second kappa shape index (κ2) is 14.4. The number of alkyl halides is 1. The lowest BCUT2D eigenvalue weighted by Gasteiger charge is -2.10. The van der Waals surface area contributed by atoms with Crippen LogP contribution in [0.1, 0.15) is 39.3 Å². The van der Waals surface area contributed by atoms with Crippen LogP contribution >= 0.6 is 0 Å². The van der Waals surface area contributed by atoms with E-state index in [4.69, 9.17) is 9.84 Å². The molecule has 7 nitrogen and oxygen atoms in total. The zero-order valence-corrected chi connectivity index (χ0v) is 23.5. The summed E-state index contributed by atoms with van der Waals surface area (Å²) in [5.74, 6) is -2.31. The maximum atomic E-state index is 15.0. The minimum absolute atomic E-state index is 0.0290. The first-order valence-corrected chi connectivity index (χ1v) is 13.3. The molecule has 0 aliphatic rings. The van der Waals surface area contributed by atoms with Gasteiger partial charge >= 0.3 is 5.97 Å². The van der Waals surface area contributed by atoms with E-state index in [1.54, 1.807) is 44.4 Å². The lowest BCUT2D eigenvalue weighted by atomic mass is 10.0. The van der Waals surface area contributed by atoms with Crippen molar-refractivity contribution < 1.29 is 36.9 Å². The number of nitrogens with one attached hydrogen (secondary N) is 1. The number of hydrogen-bond acceptors (Lipinski definition) is 5. The number of pyridine rings is 1. The molecule has 0 bridgehead atoms. The summed E-state index contributed by atoms with van der Waals surface area (Å²) in [4.78, 5) is 22.7. The van der Waals surface area contributed by atoms with E-state index < -0.39 is 23.4 Å². The average molecular weight is 596 g/mol. The molecule has 5 aromatic rings. The second-order valence-electron chi connectivity index (χ2n) is 9.60. The summed E-state index contributed by atoms with van der Waals surface area (Å²) < 4.78 is 65.3. The highest BCUT2D eigenvalue weighted by Gasteiger charge is 2.16. The zero-order valence-electron chi connectivity index (χ0n) is 23.5. The summed E-state index contributed by atoms with van der Waals surface area (Å²) in [6.45, 7) is 1.99. The molecule has 2 N–H and O–H groups in total. The van der Waals surface area contributed by atoms with Gasteiger partial charge in [-0.3, -0.25) is 4.39 Å². The normalized spacial score (nSPS) is 10.8. The van der Waals surface area contributed by atoms with Crippen molar-refractivity contribution in [3.8, 4) is 17.1 Å². The van der Waals surface area contributed by atoms with E-state index in [1.165, 1.54) is 24.3 Å². The van der Waals surface area contributed by atoms with Gasteiger partial charge in [0, 0.05) is 37.3 Å². The molecule has 0 amide bonds. The van der Waals surface area contributed by atoms with Gasteiger partial charge in [-0.25, -0.2) is 27.9 Å². The molecule has 0 fully saturated rings. The Labute approximate surface area is 245 Å². The highest BCUT2D eigenvalue weighted by atomic mass is 19.1. The average Bonchev–Trinajstić information content (AvgIpc) is 3.39. The number of aromatic carboxylic acids is 1. The minimum Gasteiger partial charge on any atom is -0.478 e. The van der Waals surface area contributed by atoms with E-state index in [0.29, 0.717) is 35.4 Å². The number of fused-ring (bicyclic) bond motifs is 1. The van der Waals surface area contributed by atoms with Gasteiger partial charge in [-0.1, -0.05) is 18.2 Å². The lowest BCUT2D eigenvalue weighted by Crippen LogP contribution is -2.02. The van der Waals surface area contributed by atoms with Gasteiger partial charge in [0.25, 0.3) is 0 Å². The lowest BCUT2D eigenvalue weighted by molar-refractivity contribution is 0.0697. The van der Waals surface area contributed by atoms with Crippen LogP contribution in [0.3, 0.4) is 0 Å². The quantitative estimate of drug-likeness (QED) is 0.131. The van der Waals surface area contributed by atoms with Crippen molar-refractivity contribution >= 4 is 17.0 Å². The Morgan fingerprint density at radius 1 is 0.930 bits per heavy atom. The van der Waals surface area contributed by atoms with Gasteiger partial charge in [0.15, 0.2) is 0 Å². The molecule has 43 heavy (non-hydrogen) atoms. The highest BCUT2D eigenvalue weighted by molar-refractivity contribution is 5.92. The van der Waals surface area contributed by atoms with E-state index in [9.17, 15) is 18.0 Å². The van der Waals surface area contributed by atoms with E-state index >= 15 is 4.39 Å². The first-order chi connectivity index (χ1) is 20.7. The van der Waals surface area contributed by atoms with E-state index in [-0.39, 0.29) is 48.0 Å². The molecule has 2 heterocycles. The highest BCUT2D eigenvalue weighted by Crippen LogP contribution is 2.27. The largest absolute Gasteiger partial charge is 0.478 e. The zero-order chi connectivity index (χ0) is 30.9. The first kappa shape index (κ1) is 31.2. The Kier molecular flexibility index (Phi) is 10.4. The number of nitrogens with zero attached hydrogens (tertiary/aromatic N) is 2. The third kappa shape index (κ3) is 8.16. The Morgan fingerprint density at radius 3 is 2.42 bits per heavy atom. The predicted molar refractivity (Wildman–Crippen MR) is 153 cm³/mol. The molecular formula is C32H29F4N3O4. The summed E-state index contributed by atoms with van der Waals surface area (Å²) in [6, 6.07) is 16.0. The van der Waals surface area contributed by atoms with Gasteiger partial charge in [-0.15, -0.1) is 0 Å². The van der Waals surface area contributed by atoms with Gasteiger partial charge in [0.2, 0.25) is 5.88 Å².